The molecule has 0 saturated carbocycles. The van der Waals surface area contributed by atoms with Crippen molar-refractivity contribution in [3.63, 3.8) is 0 Å². The standard InChI is InChI=1S/C25H30N2O3/c1-17-12-22-20(14-25(28)30-24(22)13-18(17)2)15-26-16-23(27-10-4-5-11-27)19-6-8-21(29-3)9-7-19/h6-9,12-14,23,26H,4-5,10-11,15-16H2,1-3H3/p+2/t23-/m1/s1. The molecule has 0 amide bonds. The number of rotatable bonds is 7. The van der Waals surface area contributed by atoms with Gasteiger partial charge < -0.3 is 19.4 Å². The lowest BCUT2D eigenvalue weighted by Crippen LogP contribution is -3.13. The van der Waals surface area contributed by atoms with Gasteiger partial charge in [-0.05, 0) is 61.4 Å². The number of nitrogens with one attached hydrogen (secondary N) is 1. The van der Waals surface area contributed by atoms with Gasteiger partial charge in [0.1, 0.15) is 24.4 Å². The molecule has 1 aromatic heterocycles. The second-order valence-corrected chi connectivity index (χ2v) is 8.44. The maximum absolute atomic E-state index is 12.1. The Hall–Kier alpha value is -2.63. The smallest absolute Gasteiger partial charge is 0.336 e. The van der Waals surface area contributed by atoms with Crippen molar-refractivity contribution < 1.29 is 19.4 Å². The maximum atomic E-state index is 12.1. The van der Waals surface area contributed by atoms with E-state index in [1.165, 1.54) is 37.1 Å². The van der Waals surface area contributed by atoms with E-state index in [1.807, 2.05) is 13.0 Å². The Morgan fingerprint density at radius 1 is 1.07 bits per heavy atom. The van der Waals surface area contributed by atoms with Crippen molar-refractivity contribution in [2.45, 2.75) is 39.3 Å². The number of aryl methyl sites for hydroxylation is 2. The first-order chi connectivity index (χ1) is 14.5. The predicted molar refractivity (Wildman–Crippen MR) is 118 cm³/mol. The number of hydrogen-bond acceptors (Lipinski definition) is 3. The quantitative estimate of drug-likeness (QED) is 0.587. The highest BCUT2D eigenvalue weighted by Crippen LogP contribution is 2.21. The summed E-state index contributed by atoms with van der Waals surface area (Å²) in [5, 5.41) is 3.38. The lowest BCUT2D eigenvalue weighted by molar-refractivity contribution is -0.935. The molecule has 1 saturated heterocycles. The number of ether oxygens (including phenoxy) is 1. The highest BCUT2D eigenvalue weighted by molar-refractivity contribution is 5.81. The minimum absolute atomic E-state index is 0.272. The van der Waals surface area contributed by atoms with Crippen LogP contribution in [0.3, 0.4) is 0 Å². The third kappa shape index (κ3) is 4.42. The van der Waals surface area contributed by atoms with Gasteiger partial charge in [-0.25, -0.2) is 4.79 Å². The first kappa shape index (κ1) is 20.6. The first-order valence-electron chi connectivity index (χ1n) is 10.9. The zero-order valence-corrected chi connectivity index (χ0v) is 18.2. The predicted octanol–water partition coefficient (Wildman–Crippen LogP) is 1.90. The van der Waals surface area contributed by atoms with Crippen molar-refractivity contribution >= 4 is 11.0 Å². The number of benzene rings is 2. The van der Waals surface area contributed by atoms with Crippen molar-refractivity contribution in [2.24, 2.45) is 0 Å². The summed E-state index contributed by atoms with van der Waals surface area (Å²) in [6, 6.07) is 14.7. The van der Waals surface area contributed by atoms with Crippen LogP contribution in [-0.2, 0) is 6.54 Å². The molecule has 158 valence electrons. The van der Waals surface area contributed by atoms with Gasteiger partial charge in [-0.3, -0.25) is 0 Å². The Labute approximate surface area is 177 Å². The normalized spacial score (nSPS) is 15.6. The van der Waals surface area contributed by atoms with E-state index in [0.717, 1.165) is 35.4 Å². The molecule has 4 rings (SSSR count). The van der Waals surface area contributed by atoms with E-state index in [0.29, 0.717) is 11.6 Å². The zero-order valence-electron chi connectivity index (χ0n) is 18.2. The van der Waals surface area contributed by atoms with Gasteiger partial charge in [-0.1, -0.05) is 0 Å². The second kappa shape index (κ2) is 9.02. The van der Waals surface area contributed by atoms with Crippen LogP contribution in [0.15, 0.2) is 51.7 Å². The molecule has 0 unspecified atom stereocenters. The van der Waals surface area contributed by atoms with E-state index in [9.17, 15) is 4.79 Å². The number of nitrogens with two attached hydrogens (primary N) is 1. The van der Waals surface area contributed by atoms with Crippen LogP contribution in [0.2, 0.25) is 0 Å². The Kier molecular flexibility index (Phi) is 6.21. The molecule has 3 aromatic rings. The van der Waals surface area contributed by atoms with Crippen LogP contribution >= 0.6 is 0 Å². The molecule has 2 heterocycles. The molecule has 0 aliphatic carbocycles. The van der Waals surface area contributed by atoms with Crippen molar-refractivity contribution in [3.05, 3.63) is 75.1 Å². The number of quaternary nitrogens is 2. The molecule has 2 aromatic carbocycles. The van der Waals surface area contributed by atoms with E-state index < -0.39 is 0 Å². The van der Waals surface area contributed by atoms with Crippen LogP contribution in [0.5, 0.6) is 5.75 Å². The maximum Gasteiger partial charge on any atom is 0.336 e. The molecule has 1 fully saturated rings. The Balaban J connectivity index is 1.54. The lowest BCUT2D eigenvalue weighted by Gasteiger charge is -2.24. The molecule has 0 radical (unpaired) electrons. The van der Waals surface area contributed by atoms with Crippen LogP contribution in [0.1, 0.15) is 41.1 Å². The number of fused-ring (bicyclic) bond motifs is 1. The highest BCUT2D eigenvalue weighted by Gasteiger charge is 2.29. The fraction of sp³-hybridized carbons (Fsp3) is 0.400. The fourth-order valence-corrected chi connectivity index (χ4v) is 4.61. The second-order valence-electron chi connectivity index (χ2n) is 8.44. The molecule has 1 aliphatic heterocycles. The average Bonchev–Trinajstić information content (AvgIpc) is 3.27. The third-order valence-corrected chi connectivity index (χ3v) is 6.47. The lowest BCUT2D eigenvalue weighted by atomic mass is 10.0. The summed E-state index contributed by atoms with van der Waals surface area (Å²) in [6.45, 7) is 8.34. The Morgan fingerprint density at radius 2 is 1.77 bits per heavy atom. The van der Waals surface area contributed by atoms with Crippen LogP contribution < -0.4 is 20.6 Å². The van der Waals surface area contributed by atoms with Gasteiger partial charge in [0.25, 0.3) is 0 Å². The van der Waals surface area contributed by atoms with Gasteiger partial charge in [-0.15, -0.1) is 0 Å². The molecule has 0 spiro atoms. The van der Waals surface area contributed by atoms with Gasteiger partial charge >= 0.3 is 5.63 Å². The third-order valence-electron chi connectivity index (χ3n) is 6.47. The molecule has 0 bridgehead atoms. The minimum Gasteiger partial charge on any atom is -0.497 e. The number of methoxy groups -OCH3 is 1. The van der Waals surface area contributed by atoms with Crippen molar-refractivity contribution in [2.75, 3.05) is 26.7 Å². The van der Waals surface area contributed by atoms with E-state index in [4.69, 9.17) is 9.15 Å². The van der Waals surface area contributed by atoms with Gasteiger partial charge in [0.15, 0.2) is 6.04 Å². The van der Waals surface area contributed by atoms with Crippen molar-refractivity contribution in [1.29, 1.82) is 0 Å². The summed E-state index contributed by atoms with van der Waals surface area (Å²) in [5.74, 6) is 0.894. The first-order valence-corrected chi connectivity index (χ1v) is 10.9. The summed E-state index contributed by atoms with van der Waals surface area (Å²) in [4.78, 5) is 13.7. The van der Waals surface area contributed by atoms with Gasteiger partial charge in [0.05, 0.1) is 20.2 Å². The molecule has 1 aliphatic rings. The van der Waals surface area contributed by atoms with E-state index >= 15 is 0 Å². The van der Waals surface area contributed by atoms with Crippen LogP contribution in [0, 0.1) is 13.8 Å². The number of likely N-dealkylation sites (tertiary alicyclic amines) is 1. The summed E-state index contributed by atoms with van der Waals surface area (Å²) < 4.78 is 10.8. The van der Waals surface area contributed by atoms with Gasteiger partial charge in [0.2, 0.25) is 0 Å². The molecule has 5 heteroatoms. The summed E-state index contributed by atoms with van der Waals surface area (Å²) in [5.41, 5.74) is 5.18. The molecular formula is C25H32N2O3+2. The summed E-state index contributed by atoms with van der Waals surface area (Å²) in [6.07, 6.45) is 2.59. The van der Waals surface area contributed by atoms with Crippen LogP contribution in [-0.4, -0.2) is 26.7 Å². The molecule has 30 heavy (non-hydrogen) atoms. The SMILES string of the molecule is COc1ccc([C@@H](C[NH2+]Cc2cc(=O)oc3cc(C)c(C)cc23)[NH+]2CCCC2)cc1. The molecule has 3 N–H and O–H groups in total. The summed E-state index contributed by atoms with van der Waals surface area (Å²) >= 11 is 0. The fourth-order valence-electron chi connectivity index (χ4n) is 4.61. The van der Waals surface area contributed by atoms with E-state index in [2.05, 4.69) is 42.6 Å². The van der Waals surface area contributed by atoms with Crippen LogP contribution in [0.4, 0.5) is 0 Å². The average molecular weight is 409 g/mol. The Morgan fingerprint density at radius 3 is 2.47 bits per heavy atom. The summed E-state index contributed by atoms with van der Waals surface area (Å²) in [7, 11) is 1.70. The van der Waals surface area contributed by atoms with Crippen LogP contribution in [0.25, 0.3) is 11.0 Å². The number of hydrogen-bond donors (Lipinski definition) is 2. The molecule has 1 atom stereocenters. The largest absolute Gasteiger partial charge is 0.497 e. The van der Waals surface area contributed by atoms with E-state index in [-0.39, 0.29) is 5.63 Å². The minimum atomic E-state index is -0.272. The van der Waals surface area contributed by atoms with Crippen molar-refractivity contribution in [3.8, 4) is 5.75 Å². The van der Waals surface area contributed by atoms with Crippen molar-refractivity contribution in [1.82, 2.24) is 0 Å². The highest BCUT2D eigenvalue weighted by atomic mass is 16.5. The van der Waals surface area contributed by atoms with E-state index in [1.54, 1.807) is 18.1 Å². The van der Waals surface area contributed by atoms with Gasteiger partial charge in [-0.2, -0.15) is 0 Å². The topological polar surface area (TPSA) is 60.5 Å². The Bertz CT molecular complexity index is 1070. The molecule has 5 nitrogen and oxygen atoms in total. The monoisotopic (exact) mass is 408 g/mol. The van der Waals surface area contributed by atoms with Gasteiger partial charge in [0, 0.05) is 35.4 Å². The molecular weight excluding hydrogens is 376 g/mol. The zero-order chi connectivity index (χ0) is 21.1.